The SMILES string of the molecule is c1cc2c(cc1CN1CCCCC1)CC[N]C2C1CCCCC1. The van der Waals surface area contributed by atoms with Crippen LogP contribution in [0.3, 0.4) is 0 Å². The third kappa shape index (κ3) is 3.64. The summed E-state index contributed by atoms with van der Waals surface area (Å²) in [5.74, 6) is 0.816. The molecule has 125 valence electrons. The van der Waals surface area contributed by atoms with Crippen LogP contribution in [-0.2, 0) is 13.0 Å². The van der Waals surface area contributed by atoms with Gasteiger partial charge in [0.2, 0.25) is 0 Å². The van der Waals surface area contributed by atoms with Gasteiger partial charge in [0.1, 0.15) is 0 Å². The van der Waals surface area contributed by atoms with Gasteiger partial charge in [-0.15, -0.1) is 0 Å². The molecule has 1 unspecified atom stereocenters. The first kappa shape index (κ1) is 15.7. The van der Waals surface area contributed by atoms with Gasteiger partial charge >= 0.3 is 0 Å². The van der Waals surface area contributed by atoms with Crippen LogP contribution in [0.25, 0.3) is 0 Å². The summed E-state index contributed by atoms with van der Waals surface area (Å²) in [4.78, 5) is 2.64. The van der Waals surface area contributed by atoms with E-state index in [-0.39, 0.29) is 0 Å². The Labute approximate surface area is 141 Å². The van der Waals surface area contributed by atoms with Crippen LogP contribution in [0, 0.1) is 5.92 Å². The molecule has 2 nitrogen and oxygen atoms in total. The fourth-order valence-corrected chi connectivity index (χ4v) is 4.91. The van der Waals surface area contributed by atoms with E-state index in [1.165, 1.54) is 70.0 Å². The van der Waals surface area contributed by atoms with Crippen LogP contribution >= 0.6 is 0 Å². The zero-order valence-electron chi connectivity index (χ0n) is 14.5. The summed E-state index contributed by atoms with van der Waals surface area (Å²) in [7, 11) is 0. The van der Waals surface area contributed by atoms with Gasteiger partial charge in [0, 0.05) is 13.1 Å². The molecule has 0 N–H and O–H groups in total. The molecule has 1 aliphatic carbocycles. The van der Waals surface area contributed by atoms with Gasteiger partial charge in [-0.25, -0.2) is 5.32 Å². The number of likely N-dealkylation sites (tertiary alicyclic amines) is 1. The second-order valence-corrected chi connectivity index (χ2v) is 7.87. The van der Waals surface area contributed by atoms with Gasteiger partial charge in [-0.2, -0.15) is 0 Å². The van der Waals surface area contributed by atoms with Crippen molar-refractivity contribution in [3.8, 4) is 0 Å². The first-order valence-corrected chi connectivity index (χ1v) is 9.91. The molecular formula is C21H31N2. The van der Waals surface area contributed by atoms with Crippen LogP contribution in [0.4, 0.5) is 0 Å². The third-order valence-electron chi connectivity index (χ3n) is 6.18. The molecule has 1 radical (unpaired) electrons. The largest absolute Gasteiger partial charge is 0.299 e. The fraction of sp³-hybridized carbons (Fsp3) is 0.714. The van der Waals surface area contributed by atoms with E-state index >= 15 is 0 Å². The predicted octanol–water partition coefficient (Wildman–Crippen LogP) is 4.45. The molecule has 0 amide bonds. The van der Waals surface area contributed by atoms with E-state index in [4.69, 9.17) is 5.32 Å². The molecule has 1 atom stereocenters. The molecule has 0 bridgehead atoms. The molecule has 0 spiro atoms. The van der Waals surface area contributed by atoms with E-state index in [2.05, 4.69) is 23.1 Å². The number of fused-ring (bicyclic) bond motifs is 1. The van der Waals surface area contributed by atoms with Crippen LogP contribution in [0.5, 0.6) is 0 Å². The Morgan fingerprint density at radius 2 is 1.74 bits per heavy atom. The molecule has 2 aliphatic heterocycles. The smallest absolute Gasteiger partial charge is 0.0526 e. The van der Waals surface area contributed by atoms with Crippen LogP contribution in [0.2, 0.25) is 0 Å². The van der Waals surface area contributed by atoms with Gasteiger partial charge in [0.05, 0.1) is 6.04 Å². The molecule has 23 heavy (non-hydrogen) atoms. The van der Waals surface area contributed by atoms with Crippen LogP contribution in [-0.4, -0.2) is 24.5 Å². The Morgan fingerprint density at radius 1 is 0.957 bits per heavy atom. The average molecular weight is 311 g/mol. The van der Waals surface area contributed by atoms with Crippen LogP contribution < -0.4 is 5.32 Å². The Morgan fingerprint density at radius 3 is 2.57 bits per heavy atom. The van der Waals surface area contributed by atoms with Crippen molar-refractivity contribution in [2.24, 2.45) is 5.92 Å². The van der Waals surface area contributed by atoms with E-state index < -0.39 is 0 Å². The van der Waals surface area contributed by atoms with E-state index in [1.807, 2.05) is 0 Å². The van der Waals surface area contributed by atoms with Crippen LogP contribution in [0.1, 0.15) is 74.1 Å². The molecule has 1 aromatic rings. The van der Waals surface area contributed by atoms with E-state index in [1.54, 1.807) is 11.1 Å². The molecule has 4 rings (SSSR count). The number of hydrogen-bond donors (Lipinski definition) is 0. The second-order valence-electron chi connectivity index (χ2n) is 7.87. The van der Waals surface area contributed by atoms with Crippen molar-refractivity contribution in [1.82, 2.24) is 10.2 Å². The van der Waals surface area contributed by atoms with Gasteiger partial charge in [0.25, 0.3) is 0 Å². The lowest BCUT2D eigenvalue weighted by molar-refractivity contribution is 0.220. The fourth-order valence-electron chi connectivity index (χ4n) is 4.91. The Balaban J connectivity index is 1.49. The van der Waals surface area contributed by atoms with Crippen molar-refractivity contribution in [3.63, 3.8) is 0 Å². The number of rotatable bonds is 3. The number of nitrogens with zero attached hydrogens (tertiary/aromatic N) is 2. The van der Waals surface area contributed by atoms with Gasteiger partial charge in [-0.05, 0) is 67.8 Å². The maximum atomic E-state index is 5.03. The standard InChI is InChI=1S/C21H31N2/c1-3-7-18(8-4-1)21-20-10-9-17(15-19(20)11-12-22-21)16-23-13-5-2-6-14-23/h9-10,15,18,21H,1-8,11-14,16H2. The molecule has 1 saturated carbocycles. The summed E-state index contributed by atoms with van der Waals surface area (Å²) < 4.78 is 0. The zero-order valence-corrected chi connectivity index (χ0v) is 14.5. The highest BCUT2D eigenvalue weighted by atomic mass is 15.1. The molecule has 1 saturated heterocycles. The van der Waals surface area contributed by atoms with Gasteiger partial charge in [-0.3, -0.25) is 4.90 Å². The van der Waals surface area contributed by atoms with Crippen molar-refractivity contribution in [1.29, 1.82) is 0 Å². The van der Waals surface area contributed by atoms with E-state index in [9.17, 15) is 0 Å². The Bertz CT molecular complexity index is 513. The normalized spacial score (nSPS) is 26.9. The number of hydrogen-bond acceptors (Lipinski definition) is 1. The highest BCUT2D eigenvalue weighted by Gasteiger charge is 2.29. The maximum absolute atomic E-state index is 5.03. The lowest BCUT2D eigenvalue weighted by Crippen LogP contribution is -2.31. The minimum absolute atomic E-state index is 0.503. The monoisotopic (exact) mass is 311 g/mol. The molecule has 2 fully saturated rings. The average Bonchev–Trinajstić information content (AvgIpc) is 2.63. The summed E-state index contributed by atoms with van der Waals surface area (Å²) in [5, 5.41) is 5.03. The van der Waals surface area contributed by atoms with E-state index in [0.29, 0.717) is 6.04 Å². The minimum Gasteiger partial charge on any atom is -0.299 e. The quantitative estimate of drug-likeness (QED) is 0.806. The van der Waals surface area contributed by atoms with Crippen molar-refractivity contribution in [2.45, 2.75) is 70.4 Å². The Kier molecular flexibility index (Phi) is 5.01. The summed E-state index contributed by atoms with van der Waals surface area (Å²) >= 11 is 0. The lowest BCUT2D eigenvalue weighted by atomic mass is 9.78. The molecule has 2 heteroatoms. The molecular weight excluding hydrogens is 280 g/mol. The van der Waals surface area contributed by atoms with Crippen LogP contribution in [0.15, 0.2) is 18.2 Å². The summed E-state index contributed by atoms with van der Waals surface area (Å²) in [6.45, 7) is 4.77. The van der Waals surface area contributed by atoms with Gasteiger partial charge < -0.3 is 0 Å². The number of benzene rings is 1. The highest BCUT2D eigenvalue weighted by molar-refractivity contribution is 5.36. The molecule has 1 aromatic carbocycles. The van der Waals surface area contributed by atoms with Crippen molar-refractivity contribution in [2.75, 3.05) is 19.6 Å². The molecule has 0 aromatic heterocycles. The van der Waals surface area contributed by atoms with Gasteiger partial charge in [0.15, 0.2) is 0 Å². The van der Waals surface area contributed by atoms with E-state index in [0.717, 1.165) is 25.4 Å². The Hall–Kier alpha value is -0.860. The summed E-state index contributed by atoms with van der Waals surface area (Å²) in [5.41, 5.74) is 4.69. The molecule has 3 aliphatic rings. The van der Waals surface area contributed by atoms with Crippen molar-refractivity contribution in [3.05, 3.63) is 34.9 Å². The summed E-state index contributed by atoms with van der Waals surface area (Å²) in [6, 6.07) is 7.83. The zero-order chi connectivity index (χ0) is 15.5. The topological polar surface area (TPSA) is 17.3 Å². The lowest BCUT2D eigenvalue weighted by Gasteiger charge is -2.35. The minimum atomic E-state index is 0.503. The first-order valence-electron chi connectivity index (χ1n) is 9.91. The predicted molar refractivity (Wildman–Crippen MR) is 95.6 cm³/mol. The first-order chi connectivity index (χ1) is 11.4. The van der Waals surface area contributed by atoms with Crippen molar-refractivity contribution >= 4 is 0 Å². The summed E-state index contributed by atoms with van der Waals surface area (Å²) in [6.07, 6.45) is 12.4. The highest BCUT2D eigenvalue weighted by Crippen LogP contribution is 2.38. The third-order valence-corrected chi connectivity index (χ3v) is 6.18. The number of piperidine rings is 1. The molecule has 2 heterocycles. The maximum Gasteiger partial charge on any atom is 0.0526 e. The van der Waals surface area contributed by atoms with Crippen molar-refractivity contribution < 1.29 is 0 Å². The van der Waals surface area contributed by atoms with Gasteiger partial charge in [-0.1, -0.05) is 43.9 Å². The second kappa shape index (κ2) is 7.36.